The summed E-state index contributed by atoms with van der Waals surface area (Å²) in [4.78, 5) is 7.55. The van der Waals surface area contributed by atoms with Crippen molar-refractivity contribution in [2.45, 2.75) is 26.3 Å². The Morgan fingerprint density at radius 1 is 0.939 bits per heavy atom. The van der Waals surface area contributed by atoms with Crippen LogP contribution in [0.3, 0.4) is 0 Å². The van der Waals surface area contributed by atoms with E-state index in [1.165, 1.54) is 37.3 Å². The third-order valence-corrected chi connectivity index (χ3v) is 8.93. The fourth-order valence-corrected chi connectivity index (χ4v) is 7.75. The Labute approximate surface area is 201 Å². The number of para-hydroxylation sites is 2. The smallest absolute Gasteiger partial charge is 0.120 e. The number of allylic oxidation sites excluding steroid dienone is 1. The molecule has 3 nitrogen and oxygen atoms in total. The summed E-state index contributed by atoms with van der Waals surface area (Å²) in [5, 5.41) is 6.10. The number of hydrogen-bond acceptors (Lipinski definition) is 5. The Morgan fingerprint density at radius 3 is 2.33 bits per heavy atom. The van der Waals surface area contributed by atoms with Gasteiger partial charge in [0.25, 0.3) is 0 Å². The monoisotopic (exact) mass is 468 g/mol. The molecule has 0 amide bonds. The van der Waals surface area contributed by atoms with Crippen LogP contribution >= 0.6 is 21.6 Å². The largest absolute Gasteiger partial charge is 0.494 e. The van der Waals surface area contributed by atoms with Gasteiger partial charge >= 0.3 is 0 Å². The van der Waals surface area contributed by atoms with E-state index in [9.17, 15) is 0 Å². The number of fused-ring (bicyclic) bond motifs is 4. The fourth-order valence-electron chi connectivity index (χ4n) is 4.70. The molecule has 4 aromatic rings. The maximum absolute atomic E-state index is 5.85. The van der Waals surface area contributed by atoms with Crippen molar-refractivity contribution in [1.29, 1.82) is 0 Å². The third-order valence-electron chi connectivity index (χ3n) is 6.18. The summed E-state index contributed by atoms with van der Waals surface area (Å²) in [6.07, 6.45) is 2.37. The average Bonchev–Trinajstić information content (AvgIpc) is 3.25. The second kappa shape index (κ2) is 7.86. The van der Waals surface area contributed by atoms with E-state index in [2.05, 4.69) is 92.0 Å². The number of hydrogen-bond donors (Lipinski definition) is 1. The minimum Gasteiger partial charge on any atom is -0.494 e. The zero-order chi connectivity index (χ0) is 22.6. The second-order valence-electron chi connectivity index (χ2n) is 8.83. The van der Waals surface area contributed by atoms with Gasteiger partial charge in [-0.1, -0.05) is 58.0 Å². The van der Waals surface area contributed by atoms with Crippen LogP contribution in [0.4, 0.5) is 5.69 Å². The molecular weight excluding hydrogens is 444 g/mol. The van der Waals surface area contributed by atoms with Crippen molar-refractivity contribution in [2.24, 2.45) is 0 Å². The Kier molecular flexibility index (Phi) is 4.93. The molecule has 3 aromatic carbocycles. The summed E-state index contributed by atoms with van der Waals surface area (Å²) < 4.78 is 5.85. The number of nitrogens with zero attached hydrogens (tertiary/aromatic N) is 1. The molecule has 0 radical (unpaired) electrons. The minimum atomic E-state index is -0.134. The van der Waals surface area contributed by atoms with E-state index in [0.29, 0.717) is 6.61 Å². The summed E-state index contributed by atoms with van der Waals surface area (Å²) >= 11 is 0. The molecule has 3 heterocycles. The first-order valence-electron chi connectivity index (χ1n) is 11.2. The standard InChI is InChI=1S/C28H24N2OS2/c1-4-31-17-13-14-24-21(15-17)26-25(32-33-27(26)28(2,3)30-24)16-20-18-9-5-7-11-22(18)29-23-12-8-6-10-19(20)23/h5-16,30H,4H2,1-3H3/b25-16-. The highest BCUT2D eigenvalue weighted by Crippen LogP contribution is 2.61. The summed E-state index contributed by atoms with van der Waals surface area (Å²) in [5.74, 6) is 0.908. The number of ether oxygens (including phenoxy) is 1. The summed E-state index contributed by atoms with van der Waals surface area (Å²) in [6, 6.07) is 23.2. The highest BCUT2D eigenvalue weighted by Gasteiger charge is 2.39. The molecule has 0 spiro atoms. The van der Waals surface area contributed by atoms with Crippen molar-refractivity contribution < 1.29 is 4.74 Å². The lowest BCUT2D eigenvalue weighted by atomic mass is 9.88. The van der Waals surface area contributed by atoms with Gasteiger partial charge in [0.1, 0.15) is 5.75 Å². The van der Waals surface area contributed by atoms with E-state index in [4.69, 9.17) is 9.72 Å². The van der Waals surface area contributed by atoms with Crippen molar-refractivity contribution in [3.8, 4) is 5.75 Å². The zero-order valence-corrected chi connectivity index (χ0v) is 20.4. The molecule has 0 saturated heterocycles. The second-order valence-corrected chi connectivity index (χ2v) is 11.0. The lowest BCUT2D eigenvalue weighted by molar-refractivity contribution is 0.340. The van der Waals surface area contributed by atoms with E-state index in [-0.39, 0.29) is 5.54 Å². The molecular formula is C28H24N2OS2. The molecule has 0 bridgehead atoms. The highest BCUT2D eigenvalue weighted by molar-refractivity contribution is 8.80. The third kappa shape index (κ3) is 3.42. The van der Waals surface area contributed by atoms with Gasteiger partial charge in [0.15, 0.2) is 0 Å². The van der Waals surface area contributed by atoms with Crippen molar-refractivity contribution >= 4 is 60.7 Å². The molecule has 0 atom stereocenters. The molecule has 5 heteroatoms. The van der Waals surface area contributed by atoms with Crippen LogP contribution in [-0.4, -0.2) is 17.1 Å². The lowest BCUT2D eigenvalue weighted by Gasteiger charge is -2.35. The van der Waals surface area contributed by atoms with Crippen LogP contribution in [0.2, 0.25) is 0 Å². The number of anilines is 1. The van der Waals surface area contributed by atoms with E-state index < -0.39 is 0 Å². The quantitative estimate of drug-likeness (QED) is 0.242. The van der Waals surface area contributed by atoms with Gasteiger partial charge < -0.3 is 10.1 Å². The van der Waals surface area contributed by atoms with Crippen LogP contribution in [0.5, 0.6) is 5.75 Å². The summed E-state index contributed by atoms with van der Waals surface area (Å²) in [6.45, 7) is 7.20. The van der Waals surface area contributed by atoms with E-state index in [1.807, 2.05) is 28.5 Å². The molecule has 1 aromatic heterocycles. The number of benzene rings is 3. The Morgan fingerprint density at radius 2 is 1.64 bits per heavy atom. The Hall–Kier alpha value is -2.89. The van der Waals surface area contributed by atoms with Gasteiger partial charge in [0, 0.05) is 37.4 Å². The Bertz CT molecular complexity index is 1430. The maximum atomic E-state index is 5.85. The van der Waals surface area contributed by atoms with Crippen LogP contribution in [0.25, 0.3) is 33.5 Å². The first-order valence-corrected chi connectivity index (χ1v) is 13.3. The van der Waals surface area contributed by atoms with Gasteiger partial charge in [-0.2, -0.15) is 0 Å². The van der Waals surface area contributed by atoms with Crippen molar-refractivity contribution in [3.05, 3.63) is 87.7 Å². The molecule has 0 saturated carbocycles. The highest BCUT2D eigenvalue weighted by atomic mass is 33.1. The number of aromatic nitrogens is 1. The SMILES string of the molecule is CCOc1ccc2c(c1)C1=C(SS/C1=C\c1c3ccccc3nc3ccccc13)C(C)(C)N2. The molecule has 33 heavy (non-hydrogen) atoms. The van der Waals surface area contributed by atoms with E-state index in [0.717, 1.165) is 22.5 Å². The van der Waals surface area contributed by atoms with Crippen LogP contribution in [0.1, 0.15) is 31.9 Å². The molecule has 0 unspecified atom stereocenters. The van der Waals surface area contributed by atoms with E-state index in [1.54, 1.807) is 0 Å². The normalized spacial score (nSPS) is 17.8. The molecule has 0 aliphatic carbocycles. The minimum absolute atomic E-state index is 0.134. The predicted molar refractivity (Wildman–Crippen MR) is 145 cm³/mol. The fraction of sp³-hybridized carbons (Fsp3) is 0.179. The molecule has 2 aliphatic rings. The predicted octanol–water partition coefficient (Wildman–Crippen LogP) is 8.14. The maximum Gasteiger partial charge on any atom is 0.120 e. The van der Waals surface area contributed by atoms with Gasteiger partial charge in [0.2, 0.25) is 0 Å². The molecule has 1 N–H and O–H groups in total. The van der Waals surface area contributed by atoms with Crippen molar-refractivity contribution in [1.82, 2.24) is 4.98 Å². The van der Waals surface area contributed by atoms with Gasteiger partial charge in [-0.25, -0.2) is 4.98 Å². The number of nitrogens with one attached hydrogen (secondary N) is 1. The van der Waals surface area contributed by atoms with Crippen LogP contribution < -0.4 is 10.1 Å². The van der Waals surface area contributed by atoms with Gasteiger partial charge in [-0.3, -0.25) is 0 Å². The topological polar surface area (TPSA) is 34.1 Å². The average molecular weight is 469 g/mol. The molecule has 164 valence electrons. The molecule has 0 fully saturated rings. The van der Waals surface area contributed by atoms with Gasteiger partial charge in [0.05, 0.1) is 23.2 Å². The first-order chi connectivity index (χ1) is 16.0. The summed E-state index contributed by atoms with van der Waals surface area (Å²) in [7, 11) is 3.71. The van der Waals surface area contributed by atoms with Crippen molar-refractivity contribution in [3.63, 3.8) is 0 Å². The lowest BCUT2D eigenvalue weighted by Crippen LogP contribution is -2.35. The summed E-state index contributed by atoms with van der Waals surface area (Å²) in [5.41, 5.74) is 6.82. The van der Waals surface area contributed by atoms with Crippen molar-refractivity contribution in [2.75, 3.05) is 11.9 Å². The van der Waals surface area contributed by atoms with E-state index >= 15 is 0 Å². The van der Waals surface area contributed by atoms with Crippen LogP contribution in [0.15, 0.2) is 76.5 Å². The molecule has 6 rings (SSSR count). The van der Waals surface area contributed by atoms with Gasteiger partial charge in [-0.15, -0.1) is 0 Å². The first kappa shape index (κ1) is 20.7. The van der Waals surface area contributed by atoms with Gasteiger partial charge in [-0.05, 0) is 62.7 Å². The zero-order valence-electron chi connectivity index (χ0n) is 18.8. The van der Waals surface area contributed by atoms with Crippen LogP contribution in [-0.2, 0) is 0 Å². The molecule has 2 aliphatic heterocycles. The number of pyridine rings is 1. The Balaban J connectivity index is 1.61. The van der Waals surface area contributed by atoms with Crippen LogP contribution in [0, 0.1) is 0 Å². The number of rotatable bonds is 3.